The first-order valence-electron chi connectivity index (χ1n) is 11.0. The monoisotopic (exact) mass is 423 g/mol. The highest BCUT2D eigenvalue weighted by Gasteiger charge is 2.22. The summed E-state index contributed by atoms with van der Waals surface area (Å²) in [5, 5.41) is 6.16. The summed E-state index contributed by atoms with van der Waals surface area (Å²) in [6.07, 6.45) is 2.80. The number of nitrogens with zero attached hydrogens (tertiary/aromatic N) is 1. The van der Waals surface area contributed by atoms with Gasteiger partial charge in [0.15, 0.2) is 0 Å². The Morgan fingerprint density at radius 2 is 1.87 bits per heavy atom. The van der Waals surface area contributed by atoms with Crippen molar-refractivity contribution in [1.82, 2.24) is 5.32 Å². The molecule has 0 bridgehead atoms. The highest BCUT2D eigenvalue weighted by molar-refractivity contribution is 5.94. The number of hydrogen-bond acceptors (Lipinski definition) is 4. The predicted octanol–water partition coefficient (Wildman–Crippen LogP) is 4.88. The number of alkyl carbamates (subject to hydrolysis) is 1. The molecule has 0 saturated carbocycles. The van der Waals surface area contributed by atoms with Crippen molar-refractivity contribution in [2.45, 2.75) is 58.6 Å². The van der Waals surface area contributed by atoms with Gasteiger partial charge in [-0.05, 0) is 69.4 Å². The first kappa shape index (κ1) is 22.7. The fourth-order valence-corrected chi connectivity index (χ4v) is 3.65. The molecular weight excluding hydrogens is 390 g/mol. The van der Waals surface area contributed by atoms with Crippen molar-refractivity contribution in [1.29, 1.82) is 0 Å². The Kier molecular flexibility index (Phi) is 7.55. The number of rotatable bonds is 7. The van der Waals surface area contributed by atoms with E-state index in [1.807, 2.05) is 56.0 Å². The van der Waals surface area contributed by atoms with Crippen LogP contribution in [0.5, 0.6) is 0 Å². The van der Waals surface area contributed by atoms with Crippen molar-refractivity contribution in [3.8, 4) is 0 Å². The van der Waals surface area contributed by atoms with Crippen molar-refractivity contribution in [2.24, 2.45) is 0 Å². The van der Waals surface area contributed by atoms with Gasteiger partial charge in [0, 0.05) is 30.9 Å². The lowest BCUT2D eigenvalue weighted by Crippen LogP contribution is -2.33. The fourth-order valence-electron chi connectivity index (χ4n) is 3.65. The standard InChI is InChI=1S/C25H33N3O3/c1-25(2,3)31-24(30)27-16-8-15-26-21-12-6-9-19(17-21)18-28-22-13-5-4-10-20(22)11-7-14-23(28)29/h4-6,9-10,12-13,17,26H,7-8,11,14-16,18H2,1-3H3,(H,27,30). The second-order valence-corrected chi connectivity index (χ2v) is 8.87. The number of hydrogen-bond donors (Lipinski definition) is 2. The van der Waals surface area contributed by atoms with Crippen molar-refractivity contribution in [3.05, 3.63) is 59.7 Å². The molecule has 31 heavy (non-hydrogen) atoms. The zero-order valence-electron chi connectivity index (χ0n) is 18.7. The molecule has 6 heteroatoms. The summed E-state index contributed by atoms with van der Waals surface area (Å²) in [6.45, 7) is 7.37. The number of para-hydroxylation sites is 1. The van der Waals surface area contributed by atoms with Crippen LogP contribution in [0.1, 0.15) is 51.2 Å². The van der Waals surface area contributed by atoms with Crippen LogP contribution in [0.2, 0.25) is 0 Å². The molecule has 2 N–H and O–H groups in total. The summed E-state index contributed by atoms with van der Waals surface area (Å²) in [7, 11) is 0. The fraction of sp³-hybridized carbons (Fsp3) is 0.440. The van der Waals surface area contributed by atoms with Crippen molar-refractivity contribution >= 4 is 23.4 Å². The van der Waals surface area contributed by atoms with E-state index in [-0.39, 0.29) is 5.91 Å². The van der Waals surface area contributed by atoms with Gasteiger partial charge in [-0.3, -0.25) is 4.79 Å². The zero-order chi connectivity index (χ0) is 22.3. The summed E-state index contributed by atoms with van der Waals surface area (Å²) in [5.41, 5.74) is 3.86. The lowest BCUT2D eigenvalue weighted by Gasteiger charge is -2.23. The molecule has 0 fully saturated rings. The lowest BCUT2D eigenvalue weighted by atomic mass is 10.1. The quantitative estimate of drug-likeness (QED) is 0.623. The number of anilines is 2. The Morgan fingerprint density at radius 1 is 1.06 bits per heavy atom. The molecular formula is C25H33N3O3. The normalized spacial score (nSPS) is 13.9. The van der Waals surface area contributed by atoms with Crippen LogP contribution in [0.4, 0.5) is 16.2 Å². The van der Waals surface area contributed by atoms with Gasteiger partial charge >= 0.3 is 6.09 Å². The molecule has 6 nitrogen and oxygen atoms in total. The van der Waals surface area contributed by atoms with Crippen LogP contribution >= 0.6 is 0 Å². The molecule has 0 unspecified atom stereocenters. The van der Waals surface area contributed by atoms with Gasteiger partial charge in [-0.1, -0.05) is 30.3 Å². The maximum Gasteiger partial charge on any atom is 0.407 e. The largest absolute Gasteiger partial charge is 0.444 e. The van der Waals surface area contributed by atoms with E-state index in [0.717, 1.165) is 42.7 Å². The van der Waals surface area contributed by atoms with Gasteiger partial charge in [0.1, 0.15) is 5.60 Å². The van der Waals surface area contributed by atoms with Gasteiger partial charge in [0.25, 0.3) is 0 Å². The summed E-state index contributed by atoms with van der Waals surface area (Å²) >= 11 is 0. The Labute approximate surface area is 185 Å². The third kappa shape index (κ3) is 7.02. The van der Waals surface area contributed by atoms with Gasteiger partial charge in [-0.2, -0.15) is 0 Å². The maximum atomic E-state index is 12.7. The Balaban J connectivity index is 1.53. The van der Waals surface area contributed by atoms with Crippen LogP contribution in [-0.2, 0) is 22.5 Å². The molecule has 0 aliphatic carbocycles. The van der Waals surface area contributed by atoms with Crippen LogP contribution in [0.15, 0.2) is 48.5 Å². The zero-order valence-corrected chi connectivity index (χ0v) is 18.7. The number of carbonyl (C=O) groups is 2. The molecule has 0 radical (unpaired) electrons. The van der Waals surface area contributed by atoms with Gasteiger partial charge in [-0.15, -0.1) is 0 Å². The molecule has 3 rings (SSSR count). The van der Waals surface area contributed by atoms with Crippen molar-refractivity contribution in [3.63, 3.8) is 0 Å². The van der Waals surface area contributed by atoms with E-state index in [1.54, 1.807) is 0 Å². The number of fused-ring (bicyclic) bond motifs is 1. The number of ether oxygens (including phenoxy) is 1. The molecule has 1 aliphatic rings. The van der Waals surface area contributed by atoms with Gasteiger partial charge in [0.05, 0.1) is 6.54 Å². The second kappa shape index (κ2) is 10.3. The maximum absolute atomic E-state index is 12.7. The van der Waals surface area contributed by atoms with Crippen LogP contribution < -0.4 is 15.5 Å². The number of amides is 2. The molecule has 2 aromatic rings. The molecule has 0 saturated heterocycles. The number of carbonyl (C=O) groups excluding carboxylic acids is 2. The molecule has 2 aromatic carbocycles. The second-order valence-electron chi connectivity index (χ2n) is 8.87. The van der Waals surface area contributed by atoms with E-state index in [9.17, 15) is 9.59 Å². The smallest absolute Gasteiger partial charge is 0.407 e. The van der Waals surface area contributed by atoms with Gasteiger partial charge < -0.3 is 20.3 Å². The van der Waals surface area contributed by atoms with E-state index >= 15 is 0 Å². The molecule has 0 spiro atoms. The molecule has 166 valence electrons. The SMILES string of the molecule is CC(C)(C)OC(=O)NCCCNc1cccc(CN2C(=O)CCCc3ccccc32)c1. The summed E-state index contributed by atoms with van der Waals surface area (Å²) in [6, 6.07) is 16.3. The van der Waals surface area contributed by atoms with E-state index in [2.05, 4.69) is 28.8 Å². The third-order valence-corrected chi connectivity index (χ3v) is 5.04. The summed E-state index contributed by atoms with van der Waals surface area (Å²) < 4.78 is 5.23. The Hall–Kier alpha value is -3.02. The minimum absolute atomic E-state index is 0.177. The van der Waals surface area contributed by atoms with Crippen molar-refractivity contribution in [2.75, 3.05) is 23.3 Å². The number of aryl methyl sites for hydroxylation is 1. The predicted molar refractivity (Wildman–Crippen MR) is 124 cm³/mol. The van der Waals surface area contributed by atoms with Crippen LogP contribution in [0.25, 0.3) is 0 Å². The minimum atomic E-state index is -0.488. The highest BCUT2D eigenvalue weighted by atomic mass is 16.6. The Morgan fingerprint density at radius 3 is 2.68 bits per heavy atom. The number of benzene rings is 2. The van der Waals surface area contributed by atoms with E-state index in [1.165, 1.54) is 5.56 Å². The van der Waals surface area contributed by atoms with Gasteiger partial charge in [0.2, 0.25) is 5.91 Å². The summed E-state index contributed by atoms with van der Waals surface area (Å²) in [5.74, 6) is 0.177. The molecule has 1 heterocycles. The molecule has 0 atom stereocenters. The molecule has 1 aliphatic heterocycles. The summed E-state index contributed by atoms with van der Waals surface area (Å²) in [4.78, 5) is 26.3. The molecule has 2 amide bonds. The van der Waals surface area contributed by atoms with Crippen LogP contribution in [-0.4, -0.2) is 30.7 Å². The van der Waals surface area contributed by atoms with Crippen LogP contribution in [0, 0.1) is 0 Å². The van der Waals surface area contributed by atoms with Crippen LogP contribution in [0.3, 0.4) is 0 Å². The molecule has 0 aromatic heterocycles. The Bertz CT molecular complexity index is 905. The highest BCUT2D eigenvalue weighted by Crippen LogP contribution is 2.28. The number of nitrogens with one attached hydrogen (secondary N) is 2. The minimum Gasteiger partial charge on any atom is -0.444 e. The average molecular weight is 424 g/mol. The lowest BCUT2D eigenvalue weighted by molar-refractivity contribution is -0.118. The third-order valence-electron chi connectivity index (χ3n) is 5.04. The van der Waals surface area contributed by atoms with Gasteiger partial charge in [-0.25, -0.2) is 4.79 Å². The first-order chi connectivity index (χ1) is 14.8. The van der Waals surface area contributed by atoms with Crippen molar-refractivity contribution < 1.29 is 14.3 Å². The van der Waals surface area contributed by atoms with E-state index < -0.39 is 11.7 Å². The van der Waals surface area contributed by atoms with E-state index in [0.29, 0.717) is 19.5 Å². The topological polar surface area (TPSA) is 70.7 Å². The average Bonchev–Trinajstić information content (AvgIpc) is 2.86. The van der Waals surface area contributed by atoms with E-state index in [4.69, 9.17) is 4.74 Å². The first-order valence-corrected chi connectivity index (χ1v) is 11.0.